The molecule has 9 heteroatoms. The van der Waals surface area contributed by atoms with Gasteiger partial charge >= 0.3 is 17.9 Å². The highest BCUT2D eigenvalue weighted by Gasteiger charge is 2.42. The van der Waals surface area contributed by atoms with Crippen molar-refractivity contribution in [2.24, 2.45) is 16.2 Å². The monoisotopic (exact) mass is 378 g/mol. The van der Waals surface area contributed by atoms with E-state index in [0.29, 0.717) is 6.42 Å². The standard InChI is InChI=1S/C17H30O9/c1-6-15(2,7-18)13(22)25-10-17(4,12(21)24-5)11-26-14(23)16(3,8-19)9-20/h18-20H,6-11H2,1-5H3. The van der Waals surface area contributed by atoms with E-state index in [1.807, 2.05) is 0 Å². The van der Waals surface area contributed by atoms with Crippen LogP contribution in [0.5, 0.6) is 0 Å². The van der Waals surface area contributed by atoms with E-state index < -0.39 is 67.2 Å². The predicted octanol–water partition coefficient (Wildman–Crippen LogP) is -0.348. The molecule has 0 spiro atoms. The first-order valence-corrected chi connectivity index (χ1v) is 8.24. The van der Waals surface area contributed by atoms with Crippen molar-refractivity contribution in [3.05, 3.63) is 0 Å². The van der Waals surface area contributed by atoms with Gasteiger partial charge in [-0.1, -0.05) is 6.92 Å². The van der Waals surface area contributed by atoms with Gasteiger partial charge in [0.05, 0.1) is 32.3 Å². The number of methoxy groups -OCH3 is 1. The van der Waals surface area contributed by atoms with Crippen LogP contribution in [0.3, 0.4) is 0 Å². The lowest BCUT2D eigenvalue weighted by molar-refractivity contribution is -0.177. The molecule has 0 aliphatic rings. The Morgan fingerprint density at radius 1 is 0.731 bits per heavy atom. The third-order valence-electron chi connectivity index (χ3n) is 4.53. The van der Waals surface area contributed by atoms with Gasteiger partial charge < -0.3 is 29.5 Å². The molecule has 152 valence electrons. The molecule has 0 aromatic rings. The summed E-state index contributed by atoms with van der Waals surface area (Å²) in [5, 5.41) is 27.8. The Labute approximate surface area is 153 Å². The van der Waals surface area contributed by atoms with Crippen LogP contribution >= 0.6 is 0 Å². The second kappa shape index (κ2) is 9.84. The Morgan fingerprint density at radius 3 is 1.42 bits per heavy atom. The zero-order valence-electron chi connectivity index (χ0n) is 16.0. The highest BCUT2D eigenvalue weighted by atomic mass is 16.6. The average molecular weight is 378 g/mol. The van der Waals surface area contributed by atoms with E-state index in [0.717, 1.165) is 7.11 Å². The van der Waals surface area contributed by atoms with Gasteiger partial charge in [0.15, 0.2) is 0 Å². The zero-order chi connectivity index (χ0) is 20.6. The summed E-state index contributed by atoms with van der Waals surface area (Å²) < 4.78 is 14.9. The van der Waals surface area contributed by atoms with E-state index in [2.05, 4.69) is 4.74 Å². The smallest absolute Gasteiger partial charge is 0.318 e. The fourth-order valence-corrected chi connectivity index (χ4v) is 1.70. The number of aliphatic hydroxyl groups excluding tert-OH is 3. The van der Waals surface area contributed by atoms with E-state index in [4.69, 9.17) is 9.47 Å². The Kier molecular flexibility index (Phi) is 9.19. The van der Waals surface area contributed by atoms with Crippen molar-refractivity contribution in [1.82, 2.24) is 0 Å². The summed E-state index contributed by atoms with van der Waals surface area (Å²) in [5.74, 6) is -2.37. The Hall–Kier alpha value is -1.71. The summed E-state index contributed by atoms with van der Waals surface area (Å²) in [4.78, 5) is 36.3. The first kappa shape index (κ1) is 24.3. The first-order valence-electron chi connectivity index (χ1n) is 8.24. The van der Waals surface area contributed by atoms with E-state index in [1.54, 1.807) is 6.92 Å². The summed E-state index contributed by atoms with van der Waals surface area (Å²) in [7, 11) is 1.14. The van der Waals surface area contributed by atoms with Crippen LogP contribution in [0.2, 0.25) is 0 Å². The molecule has 0 radical (unpaired) electrons. The third kappa shape index (κ3) is 5.65. The molecule has 0 rings (SSSR count). The van der Waals surface area contributed by atoms with Crippen LogP contribution in [0.1, 0.15) is 34.1 Å². The van der Waals surface area contributed by atoms with Crippen molar-refractivity contribution in [3.63, 3.8) is 0 Å². The number of esters is 3. The molecule has 2 unspecified atom stereocenters. The van der Waals surface area contributed by atoms with E-state index >= 15 is 0 Å². The van der Waals surface area contributed by atoms with E-state index in [1.165, 1.54) is 20.8 Å². The normalized spacial score (nSPS) is 16.2. The van der Waals surface area contributed by atoms with Gasteiger partial charge in [-0.25, -0.2) is 0 Å². The van der Waals surface area contributed by atoms with Gasteiger partial charge in [-0.15, -0.1) is 0 Å². The van der Waals surface area contributed by atoms with Crippen molar-refractivity contribution in [3.8, 4) is 0 Å². The number of hydrogen-bond donors (Lipinski definition) is 3. The van der Waals surface area contributed by atoms with Crippen LogP contribution < -0.4 is 0 Å². The van der Waals surface area contributed by atoms with Gasteiger partial charge in [0.25, 0.3) is 0 Å². The molecule has 0 heterocycles. The van der Waals surface area contributed by atoms with Gasteiger partial charge in [-0.05, 0) is 27.2 Å². The second-order valence-corrected chi connectivity index (χ2v) is 7.15. The lowest BCUT2D eigenvalue weighted by atomic mass is 9.88. The SMILES string of the molecule is CCC(C)(CO)C(=O)OCC(C)(COC(=O)C(C)(CO)CO)C(=O)OC. The van der Waals surface area contributed by atoms with Gasteiger partial charge in [0, 0.05) is 0 Å². The van der Waals surface area contributed by atoms with Crippen LogP contribution in [0.15, 0.2) is 0 Å². The molecule has 2 atom stereocenters. The summed E-state index contributed by atoms with van der Waals surface area (Å²) in [6, 6.07) is 0. The highest BCUT2D eigenvalue weighted by Crippen LogP contribution is 2.27. The Morgan fingerprint density at radius 2 is 1.12 bits per heavy atom. The molecule has 9 nitrogen and oxygen atoms in total. The second-order valence-electron chi connectivity index (χ2n) is 7.15. The van der Waals surface area contributed by atoms with Gasteiger partial charge in [-0.2, -0.15) is 0 Å². The van der Waals surface area contributed by atoms with Gasteiger partial charge in [0.2, 0.25) is 0 Å². The van der Waals surface area contributed by atoms with Crippen LogP contribution in [-0.4, -0.2) is 73.4 Å². The highest BCUT2D eigenvalue weighted by molar-refractivity contribution is 5.80. The van der Waals surface area contributed by atoms with Crippen LogP contribution in [0.4, 0.5) is 0 Å². The van der Waals surface area contributed by atoms with Gasteiger partial charge in [0.1, 0.15) is 24.0 Å². The number of carbonyl (C=O) groups is 3. The lowest BCUT2D eigenvalue weighted by Gasteiger charge is -2.30. The predicted molar refractivity (Wildman–Crippen MR) is 89.8 cm³/mol. The zero-order valence-corrected chi connectivity index (χ0v) is 16.0. The molecule has 0 aromatic carbocycles. The molecular weight excluding hydrogens is 348 g/mol. The third-order valence-corrected chi connectivity index (χ3v) is 4.53. The van der Waals surface area contributed by atoms with Crippen molar-refractivity contribution >= 4 is 17.9 Å². The molecule has 26 heavy (non-hydrogen) atoms. The number of ether oxygens (including phenoxy) is 3. The molecule has 0 bridgehead atoms. The van der Waals surface area contributed by atoms with Crippen molar-refractivity contribution in [2.45, 2.75) is 34.1 Å². The Bertz CT molecular complexity index is 458. The molecule has 3 N–H and O–H groups in total. The molecule has 0 saturated carbocycles. The summed E-state index contributed by atoms with van der Waals surface area (Å²) >= 11 is 0. The number of aliphatic hydroxyl groups is 3. The van der Waals surface area contributed by atoms with Gasteiger partial charge in [-0.3, -0.25) is 14.4 Å². The summed E-state index contributed by atoms with van der Waals surface area (Å²) in [6.45, 7) is 3.31. The van der Waals surface area contributed by atoms with Crippen LogP contribution in [-0.2, 0) is 28.6 Å². The number of carbonyl (C=O) groups excluding carboxylic acids is 3. The fraction of sp³-hybridized carbons (Fsp3) is 0.824. The minimum atomic E-state index is -1.52. The molecule has 0 amide bonds. The van der Waals surface area contributed by atoms with E-state index in [-0.39, 0.29) is 0 Å². The Balaban J connectivity index is 5.16. The largest absolute Gasteiger partial charge is 0.468 e. The lowest BCUT2D eigenvalue weighted by Crippen LogP contribution is -2.44. The summed E-state index contributed by atoms with van der Waals surface area (Å²) in [6.07, 6.45) is 0.331. The van der Waals surface area contributed by atoms with Crippen LogP contribution in [0, 0.1) is 16.2 Å². The minimum Gasteiger partial charge on any atom is -0.468 e. The van der Waals surface area contributed by atoms with Crippen LogP contribution in [0.25, 0.3) is 0 Å². The van der Waals surface area contributed by atoms with Crippen molar-refractivity contribution < 1.29 is 43.9 Å². The molecule has 0 saturated heterocycles. The van der Waals surface area contributed by atoms with Crippen molar-refractivity contribution in [2.75, 3.05) is 40.1 Å². The van der Waals surface area contributed by atoms with Crippen molar-refractivity contribution in [1.29, 1.82) is 0 Å². The molecule has 0 aliphatic carbocycles. The first-order chi connectivity index (χ1) is 12.0. The number of rotatable bonds is 11. The molecule has 0 aliphatic heterocycles. The number of hydrogen-bond acceptors (Lipinski definition) is 9. The maximum atomic E-state index is 12.2. The minimum absolute atomic E-state index is 0.331. The maximum Gasteiger partial charge on any atom is 0.318 e. The molecular formula is C17H30O9. The topological polar surface area (TPSA) is 140 Å². The maximum absolute atomic E-state index is 12.2. The molecule has 0 fully saturated rings. The quantitative estimate of drug-likeness (QED) is 0.325. The summed E-state index contributed by atoms with van der Waals surface area (Å²) in [5.41, 5.74) is -4.12. The average Bonchev–Trinajstić information content (AvgIpc) is 2.67. The fourth-order valence-electron chi connectivity index (χ4n) is 1.70. The molecule has 0 aromatic heterocycles. The van der Waals surface area contributed by atoms with E-state index in [9.17, 15) is 29.7 Å².